The Kier molecular flexibility index (Phi) is 7.56. The van der Waals surface area contributed by atoms with Crippen LogP contribution in [-0.4, -0.2) is 58.1 Å². The number of benzene rings is 3. The van der Waals surface area contributed by atoms with Gasteiger partial charge in [0.2, 0.25) is 24.4 Å². The Morgan fingerprint density at radius 2 is 1.59 bits per heavy atom. The lowest BCUT2D eigenvalue weighted by atomic mass is 9.82. The summed E-state index contributed by atoms with van der Waals surface area (Å²) in [4.78, 5) is 54.5. The Morgan fingerprint density at radius 3 is 2.25 bits per heavy atom. The number of hydrogen-bond donors (Lipinski definition) is 2. The van der Waals surface area contributed by atoms with Crippen molar-refractivity contribution >= 4 is 23.6 Å². The highest BCUT2D eigenvalue weighted by Gasteiger charge is 2.54. The zero-order valence-corrected chi connectivity index (χ0v) is 24.0. The molecule has 0 aliphatic carbocycles. The van der Waals surface area contributed by atoms with Crippen molar-refractivity contribution in [3.05, 3.63) is 107 Å². The number of ether oxygens (including phenoxy) is 2. The molecule has 1 aromatic heterocycles. The molecule has 2 aliphatic rings. The van der Waals surface area contributed by atoms with Gasteiger partial charge in [0, 0.05) is 0 Å². The molecule has 6 rings (SSSR count). The van der Waals surface area contributed by atoms with Crippen LogP contribution in [0.25, 0.3) is 0 Å². The van der Waals surface area contributed by atoms with Gasteiger partial charge in [0.15, 0.2) is 17.0 Å². The second kappa shape index (κ2) is 11.6. The second-order valence-corrected chi connectivity index (χ2v) is 10.8. The van der Waals surface area contributed by atoms with E-state index in [1.807, 2.05) is 6.07 Å². The van der Waals surface area contributed by atoms with E-state index in [-0.39, 0.29) is 30.9 Å². The quantitative estimate of drug-likeness (QED) is 0.208. The van der Waals surface area contributed by atoms with Gasteiger partial charge in [0.05, 0.1) is 12.5 Å². The van der Waals surface area contributed by atoms with Crippen molar-refractivity contribution in [2.24, 2.45) is 5.92 Å². The molecule has 1 fully saturated rings. The number of ketones is 1. The van der Waals surface area contributed by atoms with E-state index >= 15 is 0 Å². The fraction of sp³-hybridized carbons (Fsp3) is 0.250. The van der Waals surface area contributed by atoms with E-state index in [0.29, 0.717) is 22.6 Å². The van der Waals surface area contributed by atoms with Gasteiger partial charge in [-0.25, -0.2) is 4.79 Å². The second-order valence-electron chi connectivity index (χ2n) is 10.8. The first-order chi connectivity index (χ1) is 21.3. The average molecular weight is 596 g/mol. The molecule has 0 bridgehead atoms. The predicted molar refractivity (Wildman–Crippen MR) is 155 cm³/mol. The highest BCUT2D eigenvalue weighted by Crippen LogP contribution is 2.36. The highest BCUT2D eigenvalue weighted by atomic mass is 16.7. The van der Waals surface area contributed by atoms with E-state index in [1.165, 1.54) is 0 Å². The summed E-state index contributed by atoms with van der Waals surface area (Å²) in [6.45, 7) is 3.05. The number of hydrogen-bond acceptors (Lipinski definition) is 9. The fourth-order valence-electron chi connectivity index (χ4n) is 5.33. The molecule has 12 nitrogen and oxygen atoms in total. The summed E-state index contributed by atoms with van der Waals surface area (Å²) in [5.41, 5.74) is 0.415. The number of Topliss-reactive ketones (excluding diaryl/α,β-unsaturated/α-hetero) is 1. The highest BCUT2D eigenvalue weighted by molar-refractivity contribution is 6.11. The first-order valence-electron chi connectivity index (χ1n) is 14.1. The molecule has 12 heteroatoms. The van der Waals surface area contributed by atoms with Crippen LogP contribution >= 0.6 is 0 Å². The summed E-state index contributed by atoms with van der Waals surface area (Å²) < 4.78 is 16.4. The van der Waals surface area contributed by atoms with Crippen molar-refractivity contribution in [1.29, 1.82) is 0 Å². The minimum Gasteiger partial charge on any atom is -0.454 e. The summed E-state index contributed by atoms with van der Waals surface area (Å²) in [6, 6.07) is 21.3. The smallest absolute Gasteiger partial charge is 0.326 e. The van der Waals surface area contributed by atoms with Crippen molar-refractivity contribution in [3.63, 3.8) is 0 Å². The summed E-state index contributed by atoms with van der Waals surface area (Å²) >= 11 is 0. The Hall–Kier alpha value is -5.52. The van der Waals surface area contributed by atoms with Crippen LogP contribution in [0.1, 0.15) is 47.1 Å². The number of carbonyl (C=O) groups excluding carboxylic acids is 4. The number of urea groups is 1. The van der Waals surface area contributed by atoms with Crippen molar-refractivity contribution in [2.75, 3.05) is 13.3 Å². The standard InChI is InChI=1S/C32H29N5O7/c1-19(2)27(28(39)29-36-35-26(44-29)16-20-13-14-23-24(15-20)43-18-42-23)33-25(38)17-37-30(40)32(34-31(37)41,21-9-5-3-6-10-21)22-11-7-4-8-12-22/h3-15,19,27H,16-18H2,1-2H3,(H,33,38)(H,34,41)/t27-/m0/s1. The maximum Gasteiger partial charge on any atom is 0.326 e. The molecule has 0 radical (unpaired) electrons. The zero-order valence-electron chi connectivity index (χ0n) is 24.0. The van der Waals surface area contributed by atoms with E-state index in [9.17, 15) is 19.2 Å². The third-order valence-electron chi connectivity index (χ3n) is 7.56. The van der Waals surface area contributed by atoms with Crippen LogP contribution in [0.15, 0.2) is 83.3 Å². The Morgan fingerprint density at radius 1 is 0.932 bits per heavy atom. The topological polar surface area (TPSA) is 153 Å². The first kappa shape index (κ1) is 28.6. The van der Waals surface area contributed by atoms with E-state index in [2.05, 4.69) is 20.8 Å². The molecule has 2 aliphatic heterocycles. The van der Waals surface area contributed by atoms with Gasteiger partial charge >= 0.3 is 6.03 Å². The first-order valence-corrected chi connectivity index (χ1v) is 14.1. The van der Waals surface area contributed by atoms with Gasteiger partial charge in [-0.3, -0.25) is 19.3 Å². The molecule has 224 valence electrons. The molecule has 1 saturated heterocycles. The lowest BCUT2D eigenvalue weighted by molar-refractivity contribution is -0.134. The number of fused-ring (bicyclic) bond motifs is 1. The van der Waals surface area contributed by atoms with Crippen LogP contribution in [0.2, 0.25) is 0 Å². The largest absolute Gasteiger partial charge is 0.454 e. The van der Waals surface area contributed by atoms with Gasteiger partial charge in [-0.05, 0) is 34.7 Å². The molecule has 4 amide bonds. The molecule has 3 heterocycles. The summed E-state index contributed by atoms with van der Waals surface area (Å²) in [7, 11) is 0. The van der Waals surface area contributed by atoms with E-state index in [0.717, 1.165) is 10.5 Å². The van der Waals surface area contributed by atoms with Crippen LogP contribution in [0.3, 0.4) is 0 Å². The van der Waals surface area contributed by atoms with Crippen molar-refractivity contribution in [2.45, 2.75) is 31.8 Å². The van der Waals surface area contributed by atoms with Gasteiger partial charge in [-0.2, -0.15) is 0 Å². The van der Waals surface area contributed by atoms with E-state index in [4.69, 9.17) is 13.9 Å². The Labute approximate surface area is 252 Å². The van der Waals surface area contributed by atoms with Gasteiger partial charge in [-0.15, -0.1) is 10.2 Å². The normalized spacial score (nSPS) is 15.8. The minimum absolute atomic E-state index is 0.151. The van der Waals surface area contributed by atoms with Gasteiger partial charge in [-0.1, -0.05) is 80.6 Å². The Balaban J connectivity index is 1.16. The maximum absolute atomic E-state index is 13.9. The lowest BCUT2D eigenvalue weighted by Crippen LogP contribution is -2.50. The van der Waals surface area contributed by atoms with Crippen molar-refractivity contribution in [1.82, 2.24) is 25.7 Å². The maximum atomic E-state index is 13.9. The van der Waals surface area contributed by atoms with Gasteiger partial charge < -0.3 is 24.5 Å². The van der Waals surface area contributed by atoms with Crippen molar-refractivity contribution < 1.29 is 33.1 Å². The number of rotatable bonds is 10. The predicted octanol–water partition coefficient (Wildman–Crippen LogP) is 3.21. The third kappa shape index (κ3) is 5.26. The summed E-state index contributed by atoms with van der Waals surface area (Å²) in [5.74, 6) is -1.06. The molecule has 44 heavy (non-hydrogen) atoms. The van der Waals surface area contributed by atoms with Crippen LogP contribution in [0.5, 0.6) is 11.5 Å². The van der Waals surface area contributed by atoms with Crippen LogP contribution in [-0.2, 0) is 21.5 Å². The fourth-order valence-corrected chi connectivity index (χ4v) is 5.33. The Bertz CT molecular complexity index is 1680. The molecular formula is C32H29N5O7. The SMILES string of the molecule is CC(C)[C@H](NC(=O)CN1C(=O)NC(c2ccccc2)(c2ccccc2)C1=O)C(=O)c1nnc(Cc2ccc3c(c2)OCO3)o1. The monoisotopic (exact) mass is 595 g/mol. The number of carbonyl (C=O) groups is 4. The van der Waals surface area contributed by atoms with E-state index < -0.39 is 41.8 Å². The van der Waals surface area contributed by atoms with Crippen LogP contribution < -0.4 is 20.1 Å². The molecule has 0 saturated carbocycles. The molecule has 0 unspecified atom stereocenters. The number of nitrogens with zero attached hydrogens (tertiary/aromatic N) is 3. The zero-order chi connectivity index (χ0) is 30.8. The summed E-state index contributed by atoms with van der Waals surface area (Å²) in [5, 5.41) is 13.4. The molecule has 0 spiro atoms. The van der Waals surface area contributed by atoms with Crippen LogP contribution in [0.4, 0.5) is 4.79 Å². The number of nitrogens with one attached hydrogen (secondary N) is 2. The van der Waals surface area contributed by atoms with E-state index in [1.54, 1.807) is 86.6 Å². The molecule has 2 N–H and O–H groups in total. The number of imide groups is 1. The molecule has 1 atom stereocenters. The minimum atomic E-state index is -1.51. The average Bonchev–Trinajstić information content (AvgIpc) is 3.76. The van der Waals surface area contributed by atoms with Crippen LogP contribution in [0, 0.1) is 5.92 Å². The third-order valence-corrected chi connectivity index (χ3v) is 7.56. The molecule has 3 aromatic carbocycles. The van der Waals surface area contributed by atoms with Crippen molar-refractivity contribution in [3.8, 4) is 11.5 Å². The summed E-state index contributed by atoms with van der Waals surface area (Å²) in [6.07, 6.45) is 0.256. The number of amides is 4. The number of aromatic nitrogens is 2. The molecule has 4 aromatic rings. The lowest BCUT2D eigenvalue weighted by Gasteiger charge is -2.28. The molecular weight excluding hydrogens is 566 g/mol. The van der Waals surface area contributed by atoms with Gasteiger partial charge in [0.1, 0.15) is 6.54 Å². The van der Waals surface area contributed by atoms with Gasteiger partial charge in [0.25, 0.3) is 11.8 Å².